The maximum absolute atomic E-state index is 12.4. The van der Waals surface area contributed by atoms with Gasteiger partial charge >= 0.3 is 5.97 Å². The lowest BCUT2D eigenvalue weighted by Gasteiger charge is -2.13. The molecule has 8 nitrogen and oxygen atoms in total. The number of H-pyrrole nitrogens is 1. The molecule has 0 aliphatic carbocycles. The van der Waals surface area contributed by atoms with Gasteiger partial charge in [0, 0.05) is 5.56 Å². The van der Waals surface area contributed by atoms with Crippen LogP contribution >= 0.6 is 0 Å². The molecule has 0 amide bonds. The highest BCUT2D eigenvalue weighted by Crippen LogP contribution is 2.20. The lowest BCUT2D eigenvalue weighted by atomic mass is 10.1. The first-order chi connectivity index (χ1) is 13.5. The third kappa shape index (κ3) is 3.39. The molecular formula is C20H16N4O4. The molecule has 4 aromatic rings. The van der Waals surface area contributed by atoms with Gasteiger partial charge < -0.3 is 14.2 Å². The molecule has 4 rings (SSSR count). The van der Waals surface area contributed by atoms with Gasteiger partial charge in [-0.2, -0.15) is 4.98 Å². The Morgan fingerprint density at radius 1 is 1.11 bits per heavy atom. The van der Waals surface area contributed by atoms with Crippen LogP contribution in [0.2, 0.25) is 0 Å². The number of carbonyl (C=O) groups excluding carboxylic acids is 1. The van der Waals surface area contributed by atoms with Crippen LogP contribution in [-0.4, -0.2) is 26.1 Å². The Morgan fingerprint density at radius 3 is 2.57 bits per heavy atom. The van der Waals surface area contributed by atoms with E-state index < -0.39 is 12.1 Å². The molecule has 2 aromatic carbocycles. The van der Waals surface area contributed by atoms with Crippen molar-refractivity contribution in [3.05, 3.63) is 76.1 Å². The molecule has 28 heavy (non-hydrogen) atoms. The minimum absolute atomic E-state index is 0.275. The number of hydrogen-bond acceptors (Lipinski definition) is 7. The zero-order valence-electron chi connectivity index (χ0n) is 15.2. The van der Waals surface area contributed by atoms with Crippen LogP contribution in [0.4, 0.5) is 0 Å². The minimum Gasteiger partial charge on any atom is -0.451 e. The van der Waals surface area contributed by atoms with E-state index in [2.05, 4.69) is 20.1 Å². The number of carbonyl (C=O) groups is 1. The number of fused-ring (bicyclic) bond motifs is 1. The molecule has 0 aliphatic heterocycles. The summed E-state index contributed by atoms with van der Waals surface area (Å²) in [6.45, 7) is 3.38. The van der Waals surface area contributed by atoms with Gasteiger partial charge in [0.15, 0.2) is 17.8 Å². The fourth-order valence-electron chi connectivity index (χ4n) is 2.74. The van der Waals surface area contributed by atoms with E-state index in [4.69, 9.17) is 9.26 Å². The third-order valence-corrected chi connectivity index (χ3v) is 4.20. The zero-order chi connectivity index (χ0) is 19.7. The maximum Gasteiger partial charge on any atom is 0.338 e. The van der Waals surface area contributed by atoms with E-state index in [1.165, 1.54) is 0 Å². The SMILES string of the molecule is Cc1noc(-c2ccc(C(=O)O[C@H](C)c3nc4ccccc4c(=O)[nH]3)cc2)n1. The highest BCUT2D eigenvalue weighted by molar-refractivity contribution is 5.90. The summed E-state index contributed by atoms with van der Waals surface area (Å²) in [7, 11) is 0. The summed E-state index contributed by atoms with van der Waals surface area (Å²) in [5, 5.41) is 4.22. The number of nitrogens with one attached hydrogen (secondary N) is 1. The van der Waals surface area contributed by atoms with Crippen LogP contribution in [0.5, 0.6) is 0 Å². The summed E-state index contributed by atoms with van der Waals surface area (Å²) in [4.78, 5) is 35.8. The van der Waals surface area contributed by atoms with Crippen molar-refractivity contribution in [1.82, 2.24) is 20.1 Å². The number of nitrogens with zero attached hydrogens (tertiary/aromatic N) is 3. The molecule has 2 aromatic heterocycles. The van der Waals surface area contributed by atoms with E-state index >= 15 is 0 Å². The molecule has 1 atom stereocenters. The van der Waals surface area contributed by atoms with Crippen molar-refractivity contribution in [3.63, 3.8) is 0 Å². The molecule has 8 heteroatoms. The number of benzene rings is 2. The van der Waals surface area contributed by atoms with E-state index in [0.29, 0.717) is 33.7 Å². The maximum atomic E-state index is 12.4. The van der Waals surface area contributed by atoms with Crippen LogP contribution in [0.3, 0.4) is 0 Å². The predicted octanol–water partition coefficient (Wildman–Crippen LogP) is 3.20. The van der Waals surface area contributed by atoms with Crippen LogP contribution < -0.4 is 5.56 Å². The van der Waals surface area contributed by atoms with Gasteiger partial charge in [0.25, 0.3) is 11.4 Å². The zero-order valence-corrected chi connectivity index (χ0v) is 15.2. The predicted molar refractivity (Wildman–Crippen MR) is 101 cm³/mol. The van der Waals surface area contributed by atoms with Crippen molar-refractivity contribution in [2.24, 2.45) is 0 Å². The Hall–Kier alpha value is -3.81. The molecule has 0 spiro atoms. The first-order valence-electron chi connectivity index (χ1n) is 8.62. The van der Waals surface area contributed by atoms with Gasteiger partial charge in [0.05, 0.1) is 16.5 Å². The number of para-hydroxylation sites is 1. The molecule has 2 heterocycles. The first-order valence-corrected chi connectivity index (χ1v) is 8.62. The largest absolute Gasteiger partial charge is 0.451 e. The van der Waals surface area contributed by atoms with Crippen LogP contribution in [0, 0.1) is 6.92 Å². The second-order valence-electron chi connectivity index (χ2n) is 6.24. The van der Waals surface area contributed by atoms with Gasteiger partial charge in [-0.15, -0.1) is 0 Å². The minimum atomic E-state index is -0.719. The van der Waals surface area contributed by atoms with E-state index in [0.717, 1.165) is 0 Å². The lowest BCUT2D eigenvalue weighted by molar-refractivity contribution is 0.0320. The number of aromatic amines is 1. The number of aryl methyl sites for hydroxylation is 1. The number of esters is 1. The summed E-state index contributed by atoms with van der Waals surface area (Å²) >= 11 is 0. The van der Waals surface area contributed by atoms with Crippen molar-refractivity contribution in [2.75, 3.05) is 0 Å². The molecule has 0 aliphatic rings. The molecule has 0 bridgehead atoms. The van der Waals surface area contributed by atoms with Crippen molar-refractivity contribution < 1.29 is 14.1 Å². The van der Waals surface area contributed by atoms with Crippen LogP contribution in [0.1, 0.15) is 35.0 Å². The highest BCUT2D eigenvalue weighted by atomic mass is 16.5. The van der Waals surface area contributed by atoms with Crippen molar-refractivity contribution in [3.8, 4) is 11.5 Å². The average Bonchev–Trinajstić information content (AvgIpc) is 3.14. The number of hydrogen-bond donors (Lipinski definition) is 1. The fraction of sp³-hybridized carbons (Fsp3) is 0.150. The summed E-state index contributed by atoms with van der Waals surface area (Å²) < 4.78 is 10.6. The number of ether oxygens (including phenoxy) is 1. The molecule has 140 valence electrons. The molecular weight excluding hydrogens is 360 g/mol. The van der Waals surface area contributed by atoms with Gasteiger partial charge in [0.1, 0.15) is 0 Å². The molecule has 0 saturated carbocycles. The van der Waals surface area contributed by atoms with E-state index in [1.54, 1.807) is 62.4 Å². The quantitative estimate of drug-likeness (QED) is 0.544. The van der Waals surface area contributed by atoms with Gasteiger partial charge in [-0.05, 0) is 50.2 Å². The van der Waals surface area contributed by atoms with Crippen LogP contribution in [0.15, 0.2) is 57.8 Å². The highest BCUT2D eigenvalue weighted by Gasteiger charge is 2.17. The Labute approximate surface area is 159 Å². The first kappa shape index (κ1) is 17.6. The van der Waals surface area contributed by atoms with Crippen molar-refractivity contribution >= 4 is 16.9 Å². The van der Waals surface area contributed by atoms with Gasteiger partial charge in [-0.1, -0.05) is 17.3 Å². The molecule has 0 unspecified atom stereocenters. The fourth-order valence-corrected chi connectivity index (χ4v) is 2.74. The molecule has 1 N–H and O–H groups in total. The Kier molecular flexibility index (Phi) is 4.44. The Balaban J connectivity index is 1.52. The Bertz CT molecular complexity index is 1210. The smallest absolute Gasteiger partial charge is 0.338 e. The average molecular weight is 376 g/mol. The lowest BCUT2D eigenvalue weighted by Crippen LogP contribution is -2.17. The number of rotatable bonds is 4. The topological polar surface area (TPSA) is 111 Å². The van der Waals surface area contributed by atoms with Crippen molar-refractivity contribution in [1.29, 1.82) is 0 Å². The normalized spacial score (nSPS) is 12.1. The summed E-state index contributed by atoms with van der Waals surface area (Å²) in [5.41, 5.74) is 1.33. The Morgan fingerprint density at radius 2 is 1.86 bits per heavy atom. The number of aromatic nitrogens is 4. The summed E-state index contributed by atoms with van der Waals surface area (Å²) in [6.07, 6.45) is -0.719. The van der Waals surface area contributed by atoms with E-state index in [-0.39, 0.29) is 11.4 Å². The van der Waals surface area contributed by atoms with Gasteiger partial charge in [0.2, 0.25) is 0 Å². The second kappa shape index (κ2) is 7.07. The summed E-state index contributed by atoms with van der Waals surface area (Å²) in [5.74, 6) is 0.666. The van der Waals surface area contributed by atoms with E-state index in [1.807, 2.05) is 0 Å². The standard InChI is InChI=1S/C20H16N4O4/c1-11(17-22-16-6-4-3-5-15(16)18(25)23-17)27-20(26)14-9-7-13(8-10-14)19-21-12(2)24-28-19/h3-11H,1-2H3,(H,22,23,25)/t11-/m1/s1. The summed E-state index contributed by atoms with van der Waals surface area (Å²) in [6, 6.07) is 13.6. The van der Waals surface area contributed by atoms with E-state index in [9.17, 15) is 9.59 Å². The second-order valence-corrected chi connectivity index (χ2v) is 6.24. The molecule has 0 fully saturated rings. The molecule has 0 saturated heterocycles. The van der Waals surface area contributed by atoms with Crippen molar-refractivity contribution in [2.45, 2.75) is 20.0 Å². The molecule has 0 radical (unpaired) electrons. The van der Waals surface area contributed by atoms with Crippen LogP contribution in [0.25, 0.3) is 22.4 Å². The van der Waals surface area contributed by atoms with Gasteiger partial charge in [-0.25, -0.2) is 9.78 Å². The van der Waals surface area contributed by atoms with Gasteiger partial charge in [-0.3, -0.25) is 4.79 Å². The monoisotopic (exact) mass is 376 g/mol. The third-order valence-electron chi connectivity index (χ3n) is 4.20. The van der Waals surface area contributed by atoms with Crippen LogP contribution in [-0.2, 0) is 4.74 Å².